The third kappa shape index (κ3) is 3.60. The van der Waals surface area contributed by atoms with E-state index in [-0.39, 0.29) is 5.78 Å². The second-order valence-corrected chi connectivity index (χ2v) is 6.43. The molecule has 2 aromatic carbocycles. The van der Waals surface area contributed by atoms with E-state index in [4.69, 9.17) is 0 Å². The van der Waals surface area contributed by atoms with Crippen molar-refractivity contribution in [3.05, 3.63) is 69.7 Å². The van der Waals surface area contributed by atoms with Gasteiger partial charge in [0.05, 0.1) is 6.54 Å². The fraction of sp³-hybridized carbons (Fsp3) is 0.278. The Labute approximate surface area is 133 Å². The van der Waals surface area contributed by atoms with Gasteiger partial charge in [-0.05, 0) is 42.6 Å². The van der Waals surface area contributed by atoms with Crippen molar-refractivity contribution in [2.24, 2.45) is 0 Å². The van der Waals surface area contributed by atoms with Gasteiger partial charge in [-0.25, -0.2) is 0 Å². The Morgan fingerprint density at radius 3 is 2.71 bits per heavy atom. The van der Waals surface area contributed by atoms with Crippen molar-refractivity contribution in [1.82, 2.24) is 4.90 Å². The third-order valence-corrected chi connectivity index (χ3v) is 4.44. The van der Waals surface area contributed by atoms with E-state index in [9.17, 15) is 4.79 Å². The molecule has 108 valence electrons. The lowest BCUT2D eigenvalue weighted by atomic mass is 10.0. The minimum atomic E-state index is 0.190. The topological polar surface area (TPSA) is 20.3 Å². The maximum Gasteiger partial charge on any atom is 0.176 e. The van der Waals surface area contributed by atoms with Crippen molar-refractivity contribution in [2.75, 3.05) is 13.1 Å². The van der Waals surface area contributed by atoms with Crippen LogP contribution < -0.4 is 0 Å². The summed E-state index contributed by atoms with van der Waals surface area (Å²) in [6.45, 7) is 2.34. The van der Waals surface area contributed by atoms with E-state index in [2.05, 4.69) is 45.1 Å². The first-order chi connectivity index (χ1) is 10.2. The quantitative estimate of drug-likeness (QED) is 0.782. The molecule has 0 aromatic heterocycles. The highest BCUT2D eigenvalue weighted by Crippen LogP contribution is 2.19. The molecule has 3 rings (SSSR count). The first-order valence-corrected chi connectivity index (χ1v) is 8.09. The normalized spacial score (nSPS) is 15.3. The average molecular weight is 344 g/mol. The van der Waals surface area contributed by atoms with E-state index in [0.717, 1.165) is 36.0 Å². The summed E-state index contributed by atoms with van der Waals surface area (Å²) in [4.78, 5) is 14.7. The molecule has 3 heteroatoms. The SMILES string of the molecule is O=C(CN1CCCc2ccccc2C1)c1cccc(Br)c1. The Morgan fingerprint density at radius 2 is 1.90 bits per heavy atom. The van der Waals surface area contributed by atoms with Crippen LogP contribution in [0.5, 0.6) is 0 Å². The molecule has 0 saturated carbocycles. The van der Waals surface area contributed by atoms with Gasteiger partial charge in [-0.15, -0.1) is 0 Å². The number of rotatable bonds is 3. The van der Waals surface area contributed by atoms with Crippen molar-refractivity contribution in [2.45, 2.75) is 19.4 Å². The van der Waals surface area contributed by atoms with Gasteiger partial charge in [-0.2, -0.15) is 0 Å². The average Bonchev–Trinajstić information content (AvgIpc) is 2.68. The number of benzene rings is 2. The summed E-state index contributed by atoms with van der Waals surface area (Å²) in [6.07, 6.45) is 2.22. The molecule has 0 unspecified atom stereocenters. The second kappa shape index (κ2) is 6.54. The number of hydrogen-bond donors (Lipinski definition) is 0. The van der Waals surface area contributed by atoms with Crippen LogP contribution in [-0.2, 0) is 13.0 Å². The molecule has 0 atom stereocenters. The minimum Gasteiger partial charge on any atom is -0.293 e. The number of aryl methyl sites for hydroxylation is 1. The molecule has 0 radical (unpaired) electrons. The number of carbonyl (C=O) groups is 1. The van der Waals surface area contributed by atoms with Gasteiger partial charge in [-0.1, -0.05) is 52.3 Å². The molecule has 0 aliphatic carbocycles. The summed E-state index contributed by atoms with van der Waals surface area (Å²) in [5.41, 5.74) is 3.56. The maximum absolute atomic E-state index is 12.4. The Morgan fingerprint density at radius 1 is 1.10 bits per heavy atom. The van der Waals surface area contributed by atoms with Crippen LogP contribution in [0.15, 0.2) is 53.0 Å². The predicted molar refractivity (Wildman–Crippen MR) is 88.5 cm³/mol. The van der Waals surface area contributed by atoms with Crippen molar-refractivity contribution >= 4 is 21.7 Å². The monoisotopic (exact) mass is 343 g/mol. The molecule has 21 heavy (non-hydrogen) atoms. The van der Waals surface area contributed by atoms with Crippen LogP contribution in [0, 0.1) is 0 Å². The Kier molecular flexibility index (Phi) is 4.51. The zero-order chi connectivity index (χ0) is 14.7. The molecule has 1 aliphatic heterocycles. The van der Waals surface area contributed by atoms with E-state index < -0.39 is 0 Å². The molecule has 0 fully saturated rings. The highest BCUT2D eigenvalue weighted by atomic mass is 79.9. The van der Waals surface area contributed by atoms with Crippen LogP contribution in [0.4, 0.5) is 0 Å². The van der Waals surface area contributed by atoms with Gasteiger partial charge in [0.1, 0.15) is 0 Å². The van der Waals surface area contributed by atoms with Crippen LogP contribution in [0.3, 0.4) is 0 Å². The summed E-state index contributed by atoms with van der Waals surface area (Å²) in [5.74, 6) is 0.190. The van der Waals surface area contributed by atoms with Crippen LogP contribution in [0.1, 0.15) is 27.9 Å². The summed E-state index contributed by atoms with van der Waals surface area (Å²) >= 11 is 3.42. The molecule has 0 spiro atoms. The van der Waals surface area contributed by atoms with Crippen molar-refractivity contribution in [3.63, 3.8) is 0 Å². The summed E-state index contributed by atoms with van der Waals surface area (Å²) < 4.78 is 0.953. The summed E-state index contributed by atoms with van der Waals surface area (Å²) in [7, 11) is 0. The molecule has 1 aliphatic rings. The number of hydrogen-bond acceptors (Lipinski definition) is 2. The highest BCUT2D eigenvalue weighted by molar-refractivity contribution is 9.10. The maximum atomic E-state index is 12.4. The predicted octanol–water partition coefficient (Wildman–Crippen LogP) is 4.08. The van der Waals surface area contributed by atoms with Crippen LogP contribution >= 0.6 is 15.9 Å². The lowest BCUT2D eigenvalue weighted by Crippen LogP contribution is -2.29. The Balaban J connectivity index is 1.72. The molecule has 0 saturated heterocycles. The van der Waals surface area contributed by atoms with Gasteiger partial charge in [0.2, 0.25) is 0 Å². The van der Waals surface area contributed by atoms with Crippen molar-refractivity contribution in [3.8, 4) is 0 Å². The van der Waals surface area contributed by atoms with Gasteiger partial charge >= 0.3 is 0 Å². The molecule has 2 aromatic rings. The van der Waals surface area contributed by atoms with E-state index in [1.54, 1.807) is 0 Å². The minimum absolute atomic E-state index is 0.190. The third-order valence-electron chi connectivity index (χ3n) is 3.95. The molecular formula is C18H18BrNO. The lowest BCUT2D eigenvalue weighted by Gasteiger charge is -2.19. The summed E-state index contributed by atoms with van der Waals surface area (Å²) in [6, 6.07) is 16.2. The Hall–Kier alpha value is -1.45. The first kappa shape index (κ1) is 14.5. The number of halogens is 1. The highest BCUT2D eigenvalue weighted by Gasteiger charge is 2.17. The zero-order valence-corrected chi connectivity index (χ0v) is 13.5. The zero-order valence-electron chi connectivity index (χ0n) is 11.9. The molecule has 2 nitrogen and oxygen atoms in total. The smallest absolute Gasteiger partial charge is 0.176 e. The lowest BCUT2D eigenvalue weighted by molar-refractivity contribution is 0.0926. The van der Waals surface area contributed by atoms with Gasteiger partial charge in [0.25, 0.3) is 0 Å². The number of fused-ring (bicyclic) bond motifs is 1. The van der Waals surface area contributed by atoms with E-state index in [1.807, 2.05) is 24.3 Å². The standard InChI is InChI=1S/C18H18BrNO/c19-17-9-3-7-15(11-17)18(21)13-20-10-4-8-14-5-1-2-6-16(14)12-20/h1-3,5-7,9,11H,4,8,10,12-13H2. The van der Waals surface area contributed by atoms with Gasteiger partial charge in [-0.3, -0.25) is 9.69 Å². The van der Waals surface area contributed by atoms with Crippen LogP contribution in [0.25, 0.3) is 0 Å². The molecule has 0 amide bonds. The van der Waals surface area contributed by atoms with Gasteiger partial charge in [0, 0.05) is 16.6 Å². The van der Waals surface area contributed by atoms with Crippen LogP contribution in [-0.4, -0.2) is 23.8 Å². The fourth-order valence-electron chi connectivity index (χ4n) is 2.86. The Bertz CT molecular complexity index is 653. The number of ketones is 1. The van der Waals surface area contributed by atoms with Crippen molar-refractivity contribution < 1.29 is 4.79 Å². The molecule has 0 N–H and O–H groups in total. The number of Topliss-reactive ketones (excluding diaryl/α,β-unsaturated/α-hetero) is 1. The van der Waals surface area contributed by atoms with E-state index in [1.165, 1.54) is 11.1 Å². The largest absolute Gasteiger partial charge is 0.293 e. The number of nitrogens with zero attached hydrogens (tertiary/aromatic N) is 1. The molecular weight excluding hydrogens is 326 g/mol. The van der Waals surface area contributed by atoms with E-state index in [0.29, 0.717) is 6.54 Å². The first-order valence-electron chi connectivity index (χ1n) is 7.30. The van der Waals surface area contributed by atoms with Crippen molar-refractivity contribution in [1.29, 1.82) is 0 Å². The van der Waals surface area contributed by atoms with E-state index >= 15 is 0 Å². The van der Waals surface area contributed by atoms with Crippen LogP contribution in [0.2, 0.25) is 0 Å². The number of carbonyl (C=O) groups excluding carboxylic acids is 1. The molecule has 0 bridgehead atoms. The van der Waals surface area contributed by atoms with Gasteiger partial charge in [0.15, 0.2) is 5.78 Å². The van der Waals surface area contributed by atoms with Gasteiger partial charge < -0.3 is 0 Å². The second-order valence-electron chi connectivity index (χ2n) is 5.52. The molecule has 1 heterocycles. The summed E-state index contributed by atoms with van der Waals surface area (Å²) in [5, 5.41) is 0. The fourth-order valence-corrected chi connectivity index (χ4v) is 3.26.